The zero-order valence-corrected chi connectivity index (χ0v) is 10.9. The molecule has 1 rings (SSSR count). The van der Waals surface area contributed by atoms with Crippen molar-refractivity contribution in [3.8, 4) is 0 Å². The summed E-state index contributed by atoms with van der Waals surface area (Å²) in [5.74, 6) is 0. The summed E-state index contributed by atoms with van der Waals surface area (Å²) in [6, 6.07) is 5.76. The zero-order chi connectivity index (χ0) is 12.6. The predicted octanol–water partition coefficient (Wildman–Crippen LogP) is 1.96. The summed E-state index contributed by atoms with van der Waals surface area (Å²) in [6.45, 7) is 5.97. The lowest BCUT2D eigenvalue weighted by molar-refractivity contribution is -0.829. The normalized spacial score (nSPS) is 10.7. The minimum absolute atomic E-state index is 0.0151. The van der Waals surface area contributed by atoms with E-state index in [2.05, 4.69) is 4.99 Å². The average molecular weight is 245 g/mol. The number of amidine groups is 1. The second-order valence-electron chi connectivity index (χ2n) is 2.85. The molecule has 1 aromatic rings. The Kier molecular flexibility index (Phi) is 7.54. The van der Waals surface area contributed by atoms with Gasteiger partial charge in [0.1, 0.15) is 5.69 Å². The highest BCUT2D eigenvalue weighted by Gasteiger charge is 2.05. The van der Waals surface area contributed by atoms with E-state index in [0.717, 1.165) is 11.3 Å². The molecule has 16 heavy (non-hydrogen) atoms. The second-order valence-corrected chi connectivity index (χ2v) is 3.24. The second kappa shape index (κ2) is 8.10. The van der Waals surface area contributed by atoms with E-state index in [1.807, 2.05) is 39.0 Å². The van der Waals surface area contributed by atoms with Crippen LogP contribution in [-0.4, -0.2) is 12.4 Å². The number of hydrogen-bond donors (Lipinski definition) is 2. The fourth-order valence-electron chi connectivity index (χ4n) is 1.09. The van der Waals surface area contributed by atoms with Gasteiger partial charge in [-0.25, -0.2) is 9.83 Å². The predicted molar refractivity (Wildman–Crippen MR) is 68.3 cm³/mol. The van der Waals surface area contributed by atoms with Crippen LogP contribution in [0.15, 0.2) is 23.2 Å². The number of nitrogens with two attached hydrogens (primary N) is 2. The fraction of sp³-hybridized carbons (Fsp3) is 0.364. The van der Waals surface area contributed by atoms with Crippen LogP contribution in [0.3, 0.4) is 0 Å². The third-order valence-electron chi connectivity index (χ3n) is 1.66. The Bertz CT molecular complexity index is 349. The van der Waals surface area contributed by atoms with E-state index in [0.29, 0.717) is 5.69 Å². The maximum atomic E-state index is 5.51. The first-order chi connectivity index (χ1) is 7.63. The molecule has 1 aromatic carbocycles. The standard InChI is InChI=1S/C9H12ClN3O.C2H6/c1-6-3-4-7(13-14-2)8(5-6)12-9(10)11;1-2/h3-5,13H,1-2H3,(H2,11,12);1-2H3/p+1. The first kappa shape index (κ1) is 14.9. The van der Waals surface area contributed by atoms with E-state index >= 15 is 0 Å². The molecule has 0 aromatic heterocycles. The summed E-state index contributed by atoms with van der Waals surface area (Å²) >= 11 is 5.51. The first-order valence-electron chi connectivity index (χ1n) is 5.10. The van der Waals surface area contributed by atoms with Gasteiger partial charge in [-0.15, -0.1) is 0 Å². The summed E-state index contributed by atoms with van der Waals surface area (Å²) in [5.41, 5.74) is 9.54. The molecule has 0 heterocycles. The minimum atomic E-state index is 0.0151. The fourth-order valence-corrected chi connectivity index (χ4v) is 1.18. The van der Waals surface area contributed by atoms with Gasteiger partial charge in [0.2, 0.25) is 0 Å². The van der Waals surface area contributed by atoms with Crippen molar-refractivity contribution in [2.45, 2.75) is 20.8 Å². The first-order valence-corrected chi connectivity index (χ1v) is 5.47. The van der Waals surface area contributed by atoms with E-state index in [-0.39, 0.29) is 5.29 Å². The Morgan fingerprint density at radius 1 is 1.44 bits per heavy atom. The van der Waals surface area contributed by atoms with Gasteiger partial charge in [0.05, 0.1) is 7.11 Å². The van der Waals surface area contributed by atoms with Crippen molar-refractivity contribution >= 4 is 28.3 Å². The summed E-state index contributed by atoms with van der Waals surface area (Å²) in [6.07, 6.45) is 0. The van der Waals surface area contributed by atoms with Gasteiger partial charge in [0.15, 0.2) is 11.0 Å². The molecule has 0 radical (unpaired) electrons. The van der Waals surface area contributed by atoms with Crippen LogP contribution in [0.1, 0.15) is 19.4 Å². The molecule has 0 aliphatic carbocycles. The number of rotatable bonds is 3. The summed E-state index contributed by atoms with van der Waals surface area (Å²) in [4.78, 5) is 8.90. The molecule has 0 atom stereocenters. The van der Waals surface area contributed by atoms with E-state index < -0.39 is 0 Å². The highest BCUT2D eigenvalue weighted by molar-refractivity contribution is 6.64. The van der Waals surface area contributed by atoms with Crippen molar-refractivity contribution in [2.75, 3.05) is 7.11 Å². The van der Waals surface area contributed by atoms with E-state index in [1.54, 1.807) is 12.6 Å². The lowest BCUT2D eigenvalue weighted by atomic mass is 10.2. The molecule has 0 aliphatic heterocycles. The molecule has 4 nitrogen and oxygen atoms in total. The van der Waals surface area contributed by atoms with Crippen LogP contribution in [0.2, 0.25) is 0 Å². The molecule has 0 aliphatic rings. The minimum Gasteiger partial charge on any atom is -0.374 e. The molecule has 0 saturated carbocycles. The van der Waals surface area contributed by atoms with Gasteiger partial charge in [0, 0.05) is 6.07 Å². The molecule has 0 fully saturated rings. The Morgan fingerprint density at radius 3 is 2.56 bits per heavy atom. The maximum Gasteiger partial charge on any atom is 0.194 e. The Hall–Kier alpha value is -1.10. The van der Waals surface area contributed by atoms with Crippen molar-refractivity contribution < 1.29 is 10.3 Å². The van der Waals surface area contributed by atoms with Gasteiger partial charge >= 0.3 is 0 Å². The summed E-state index contributed by atoms with van der Waals surface area (Å²) < 4.78 is 0. The molecule has 90 valence electrons. The van der Waals surface area contributed by atoms with Crippen molar-refractivity contribution in [3.05, 3.63) is 23.8 Å². The third kappa shape index (κ3) is 5.11. The van der Waals surface area contributed by atoms with Gasteiger partial charge < -0.3 is 5.73 Å². The maximum absolute atomic E-state index is 5.51. The van der Waals surface area contributed by atoms with Crippen LogP contribution in [0, 0.1) is 6.92 Å². The van der Waals surface area contributed by atoms with Crippen molar-refractivity contribution in [2.24, 2.45) is 10.7 Å². The summed E-state index contributed by atoms with van der Waals surface area (Å²) in [7, 11) is 1.58. The van der Waals surface area contributed by atoms with E-state index in [4.69, 9.17) is 22.2 Å². The van der Waals surface area contributed by atoms with Crippen LogP contribution in [0.25, 0.3) is 0 Å². The van der Waals surface area contributed by atoms with Gasteiger partial charge in [-0.2, -0.15) is 5.48 Å². The number of benzene rings is 1. The highest BCUT2D eigenvalue weighted by Crippen LogP contribution is 2.22. The van der Waals surface area contributed by atoms with E-state index in [9.17, 15) is 0 Å². The van der Waals surface area contributed by atoms with Crippen LogP contribution in [-0.2, 0) is 4.84 Å². The molecule has 0 unspecified atom stereocenters. The van der Waals surface area contributed by atoms with Gasteiger partial charge in [-0.05, 0) is 30.2 Å². The molecular formula is C11H19ClN3O+. The monoisotopic (exact) mass is 244 g/mol. The van der Waals surface area contributed by atoms with Gasteiger partial charge in [0.25, 0.3) is 0 Å². The number of aliphatic imine (C=N–C) groups is 1. The summed E-state index contributed by atoms with van der Waals surface area (Å²) in [5, 5.41) is 0.0151. The van der Waals surface area contributed by atoms with Crippen molar-refractivity contribution in [1.82, 2.24) is 0 Å². The molecular weight excluding hydrogens is 226 g/mol. The Labute approximate surface area is 101 Å². The van der Waals surface area contributed by atoms with Crippen LogP contribution >= 0.6 is 11.6 Å². The molecule has 4 N–H and O–H groups in total. The Morgan fingerprint density at radius 2 is 2.06 bits per heavy atom. The third-order valence-corrected chi connectivity index (χ3v) is 1.74. The average Bonchev–Trinajstić information content (AvgIpc) is 2.24. The number of quaternary nitrogens is 1. The highest BCUT2D eigenvalue weighted by atomic mass is 35.5. The lowest BCUT2D eigenvalue weighted by Crippen LogP contribution is -2.75. The van der Waals surface area contributed by atoms with Crippen LogP contribution in [0.5, 0.6) is 0 Å². The van der Waals surface area contributed by atoms with Crippen LogP contribution in [0.4, 0.5) is 11.4 Å². The van der Waals surface area contributed by atoms with E-state index in [1.165, 1.54) is 0 Å². The number of halogens is 1. The molecule has 0 amide bonds. The smallest absolute Gasteiger partial charge is 0.194 e. The number of nitrogens with zero attached hydrogens (tertiary/aromatic N) is 1. The number of aryl methyl sites for hydroxylation is 1. The molecule has 5 heteroatoms. The van der Waals surface area contributed by atoms with Crippen molar-refractivity contribution in [1.29, 1.82) is 0 Å². The molecule has 0 spiro atoms. The SMILES string of the molecule is CC.CO[NH2+]c1ccc(C)cc1N=C(N)Cl. The van der Waals surface area contributed by atoms with Gasteiger partial charge in [-0.1, -0.05) is 19.9 Å². The topological polar surface area (TPSA) is 64.2 Å². The zero-order valence-electron chi connectivity index (χ0n) is 10.1. The van der Waals surface area contributed by atoms with Crippen LogP contribution < -0.4 is 11.2 Å². The Balaban J connectivity index is 0.00000106. The quantitative estimate of drug-likeness (QED) is 0.281. The van der Waals surface area contributed by atoms with Gasteiger partial charge in [-0.3, -0.25) is 0 Å². The lowest BCUT2D eigenvalue weighted by Gasteiger charge is -2.02. The number of hydrogen-bond acceptors (Lipinski definition) is 2. The largest absolute Gasteiger partial charge is 0.374 e. The van der Waals surface area contributed by atoms with Crippen molar-refractivity contribution in [3.63, 3.8) is 0 Å². The molecule has 0 bridgehead atoms. The molecule has 0 saturated heterocycles.